The average molecular weight is 325 g/mol. The normalized spacial score (nSPS) is 43.2. The first-order valence-corrected chi connectivity index (χ1v) is 9.78. The van der Waals surface area contributed by atoms with Gasteiger partial charge in [-0.1, -0.05) is 30.5 Å². The van der Waals surface area contributed by atoms with Crippen LogP contribution in [-0.4, -0.2) is 36.6 Å². The van der Waals surface area contributed by atoms with Gasteiger partial charge < -0.3 is 0 Å². The molecular weight excluding hydrogens is 302 g/mol. The van der Waals surface area contributed by atoms with E-state index in [0.29, 0.717) is 18.8 Å². The molecule has 3 aliphatic carbocycles. The molecule has 0 spiro atoms. The smallest absolute Gasteiger partial charge is 0.237 e. The molecule has 1 saturated heterocycles. The second-order valence-corrected chi connectivity index (χ2v) is 9.66. The lowest BCUT2D eigenvalue weighted by molar-refractivity contribution is -0.169. The number of Topliss-reactive ketones (excluding diaryl/α,β-unsaturated/α-hetero) is 1. The van der Waals surface area contributed by atoms with Gasteiger partial charge >= 0.3 is 0 Å². The van der Waals surface area contributed by atoms with E-state index in [0.717, 1.165) is 19.3 Å². The van der Waals surface area contributed by atoms with Crippen molar-refractivity contribution in [2.45, 2.75) is 58.1 Å². The van der Waals surface area contributed by atoms with Gasteiger partial charge in [0, 0.05) is 11.8 Å². The highest BCUT2D eigenvalue weighted by molar-refractivity contribution is 7.89. The molecule has 6 heteroatoms. The number of carbonyl (C=O) groups excluding carboxylic acids is 1. The number of fused-ring (bicyclic) bond motifs is 4. The molecule has 0 aromatic heterocycles. The zero-order chi connectivity index (χ0) is 15.8. The number of ketones is 1. The Hall–Kier alpha value is -0.720. The van der Waals surface area contributed by atoms with E-state index in [1.54, 1.807) is 0 Å². The molecule has 5 rings (SSSR count). The van der Waals surface area contributed by atoms with Crippen molar-refractivity contribution in [1.29, 1.82) is 0 Å². The van der Waals surface area contributed by atoms with Crippen molar-refractivity contribution in [2.75, 3.05) is 5.75 Å². The van der Waals surface area contributed by atoms with E-state index in [1.165, 1.54) is 4.47 Å². The molecule has 3 fully saturated rings. The standard InChI is InChI=1S/C16H23NO4S/c1-15(2)11-7-8-16(15,14(18)9-11)10-22(19,20)17-12-3-5-13(21-17)6-4-12/h3,5,11-13H,4,6-10H2,1-2H3/t11-,12+,13-,16-/m1/s1. The molecule has 0 N–H and O–H groups in total. The Morgan fingerprint density at radius 2 is 2.05 bits per heavy atom. The molecule has 0 aromatic carbocycles. The first-order valence-electron chi connectivity index (χ1n) is 8.17. The summed E-state index contributed by atoms with van der Waals surface area (Å²) in [5.74, 6) is 0.364. The Morgan fingerprint density at radius 3 is 2.50 bits per heavy atom. The maximum atomic E-state index is 13.0. The van der Waals surface area contributed by atoms with Crippen LogP contribution in [0, 0.1) is 16.7 Å². The Bertz CT molecular complexity index is 653. The lowest BCUT2D eigenvalue weighted by atomic mass is 9.70. The van der Waals surface area contributed by atoms with Crippen molar-refractivity contribution in [3.05, 3.63) is 12.2 Å². The highest BCUT2D eigenvalue weighted by atomic mass is 32.2. The summed E-state index contributed by atoms with van der Waals surface area (Å²) < 4.78 is 27.1. The second-order valence-electron chi connectivity index (χ2n) is 7.85. The van der Waals surface area contributed by atoms with Gasteiger partial charge in [-0.25, -0.2) is 8.42 Å². The van der Waals surface area contributed by atoms with Crippen LogP contribution >= 0.6 is 0 Å². The van der Waals surface area contributed by atoms with Crippen molar-refractivity contribution in [3.8, 4) is 0 Å². The van der Waals surface area contributed by atoms with Crippen molar-refractivity contribution in [1.82, 2.24) is 4.47 Å². The molecule has 0 aromatic rings. The molecule has 122 valence electrons. The minimum absolute atomic E-state index is 0.0978. The Labute approximate surface area is 131 Å². The van der Waals surface area contributed by atoms with Gasteiger partial charge in [-0.05, 0) is 37.0 Å². The van der Waals surface area contributed by atoms with Crippen LogP contribution in [-0.2, 0) is 19.7 Å². The van der Waals surface area contributed by atoms with E-state index >= 15 is 0 Å². The SMILES string of the molecule is CC1(C)[C@@H]2CC[C@@]1(CS(=O)(=O)N1O[C@@H]3C=C[C@H]1CC3)C(=O)C2. The highest BCUT2D eigenvalue weighted by Gasteiger charge is 2.66. The van der Waals surface area contributed by atoms with E-state index in [2.05, 4.69) is 13.8 Å². The van der Waals surface area contributed by atoms with Crippen LogP contribution in [0.25, 0.3) is 0 Å². The zero-order valence-electron chi connectivity index (χ0n) is 13.1. The van der Waals surface area contributed by atoms with Crippen molar-refractivity contribution in [3.63, 3.8) is 0 Å². The van der Waals surface area contributed by atoms with E-state index in [-0.39, 0.29) is 29.1 Å². The Kier molecular flexibility index (Phi) is 2.99. The number of sulfonamides is 1. The maximum absolute atomic E-state index is 13.0. The minimum atomic E-state index is -3.61. The molecular formula is C16H23NO4S. The lowest BCUT2D eigenvalue weighted by Gasteiger charge is -2.42. The molecule has 2 aliphatic heterocycles. The molecule has 2 saturated carbocycles. The fourth-order valence-electron chi connectivity index (χ4n) is 5.01. The molecule has 4 atom stereocenters. The molecule has 4 bridgehead atoms. The number of hydroxylamine groups is 1. The summed E-state index contributed by atoms with van der Waals surface area (Å²) in [4.78, 5) is 18.2. The van der Waals surface area contributed by atoms with Crippen LogP contribution in [0.4, 0.5) is 0 Å². The van der Waals surface area contributed by atoms with Crippen molar-refractivity contribution in [2.24, 2.45) is 16.7 Å². The number of hydrogen-bond donors (Lipinski definition) is 0. The number of carbonyl (C=O) groups is 1. The third-order valence-electron chi connectivity index (χ3n) is 6.65. The number of rotatable bonds is 3. The van der Waals surface area contributed by atoms with Gasteiger partial charge in [0.05, 0.1) is 17.9 Å². The molecule has 0 radical (unpaired) electrons. The monoisotopic (exact) mass is 325 g/mol. The van der Waals surface area contributed by atoms with E-state index in [1.807, 2.05) is 12.2 Å². The average Bonchev–Trinajstić information content (AvgIpc) is 2.82. The molecule has 2 heterocycles. The van der Waals surface area contributed by atoms with E-state index in [4.69, 9.17) is 4.84 Å². The van der Waals surface area contributed by atoms with Gasteiger partial charge in [-0.3, -0.25) is 9.63 Å². The predicted octanol–water partition coefficient (Wildman–Crippen LogP) is 2.05. The van der Waals surface area contributed by atoms with Crippen LogP contribution in [0.5, 0.6) is 0 Å². The fraction of sp³-hybridized carbons (Fsp3) is 0.812. The molecule has 22 heavy (non-hydrogen) atoms. The maximum Gasteiger partial charge on any atom is 0.237 e. The van der Waals surface area contributed by atoms with Gasteiger partial charge in [0.25, 0.3) is 0 Å². The fourth-order valence-corrected chi connectivity index (χ4v) is 7.27. The van der Waals surface area contributed by atoms with Crippen molar-refractivity contribution >= 4 is 15.8 Å². The summed E-state index contributed by atoms with van der Waals surface area (Å²) in [6.45, 7) is 4.13. The predicted molar refractivity (Wildman–Crippen MR) is 81.2 cm³/mol. The quantitative estimate of drug-likeness (QED) is 0.745. The first kappa shape index (κ1) is 14.8. The summed E-state index contributed by atoms with van der Waals surface area (Å²) >= 11 is 0. The van der Waals surface area contributed by atoms with E-state index in [9.17, 15) is 13.2 Å². The van der Waals surface area contributed by atoms with Crippen LogP contribution in [0.1, 0.15) is 46.0 Å². The topological polar surface area (TPSA) is 63.7 Å². The van der Waals surface area contributed by atoms with Crippen LogP contribution in [0.15, 0.2) is 12.2 Å². The van der Waals surface area contributed by atoms with Gasteiger partial charge in [0.15, 0.2) is 0 Å². The van der Waals surface area contributed by atoms with Crippen LogP contribution < -0.4 is 0 Å². The lowest BCUT2D eigenvalue weighted by Crippen LogP contribution is -2.53. The summed E-state index contributed by atoms with van der Waals surface area (Å²) in [6.07, 6.45) is 7.58. The van der Waals surface area contributed by atoms with Gasteiger partial charge in [-0.2, -0.15) is 0 Å². The summed E-state index contributed by atoms with van der Waals surface area (Å²) in [6, 6.07) is -0.205. The summed E-state index contributed by atoms with van der Waals surface area (Å²) in [5.41, 5.74) is -0.956. The second kappa shape index (κ2) is 4.42. The largest absolute Gasteiger partial charge is 0.299 e. The zero-order valence-corrected chi connectivity index (χ0v) is 13.9. The molecule has 0 amide bonds. The molecule has 0 unspecified atom stereocenters. The summed E-state index contributed by atoms with van der Waals surface area (Å²) in [5, 5.41) is 0. The highest BCUT2D eigenvalue weighted by Crippen LogP contribution is 2.64. The minimum Gasteiger partial charge on any atom is -0.299 e. The van der Waals surface area contributed by atoms with Crippen LogP contribution in [0.2, 0.25) is 0 Å². The molecule has 5 nitrogen and oxygen atoms in total. The first-order chi connectivity index (χ1) is 10.3. The van der Waals surface area contributed by atoms with Gasteiger partial charge in [0.1, 0.15) is 5.78 Å². The number of nitrogens with zero attached hydrogens (tertiary/aromatic N) is 1. The molecule has 5 aliphatic rings. The van der Waals surface area contributed by atoms with Crippen LogP contribution in [0.3, 0.4) is 0 Å². The van der Waals surface area contributed by atoms with Gasteiger partial charge in [-0.15, -0.1) is 0 Å². The van der Waals surface area contributed by atoms with Crippen molar-refractivity contribution < 1.29 is 18.0 Å². The Balaban J connectivity index is 1.65. The third-order valence-corrected chi connectivity index (χ3v) is 8.41. The Morgan fingerprint density at radius 1 is 1.27 bits per heavy atom. The van der Waals surface area contributed by atoms with Gasteiger partial charge in [0.2, 0.25) is 10.0 Å². The number of hydrogen-bond acceptors (Lipinski definition) is 4. The third kappa shape index (κ3) is 1.77. The van der Waals surface area contributed by atoms with E-state index < -0.39 is 15.4 Å². The summed E-state index contributed by atoms with van der Waals surface area (Å²) in [7, 11) is -3.61.